The van der Waals surface area contributed by atoms with Gasteiger partial charge in [-0.05, 0) is 12.1 Å². The van der Waals surface area contributed by atoms with Gasteiger partial charge in [0.1, 0.15) is 5.76 Å². The molecule has 0 aliphatic carbocycles. The third-order valence-corrected chi connectivity index (χ3v) is 3.52. The van der Waals surface area contributed by atoms with Gasteiger partial charge < -0.3 is 10.2 Å². The van der Waals surface area contributed by atoms with E-state index in [0.717, 1.165) is 18.8 Å². The van der Waals surface area contributed by atoms with Crippen LogP contribution >= 0.6 is 11.8 Å². The lowest BCUT2D eigenvalue weighted by molar-refractivity contribution is 0.197. The SMILES string of the molecule is NCC(c1ccco1)N1CCSCC1. The van der Waals surface area contributed by atoms with E-state index in [1.165, 1.54) is 11.5 Å². The van der Waals surface area contributed by atoms with Crippen LogP contribution in [0.25, 0.3) is 0 Å². The molecule has 3 nitrogen and oxygen atoms in total. The molecule has 0 spiro atoms. The van der Waals surface area contributed by atoms with Crippen LogP contribution in [0.5, 0.6) is 0 Å². The minimum Gasteiger partial charge on any atom is -0.468 e. The maximum Gasteiger partial charge on any atom is 0.122 e. The molecule has 0 saturated carbocycles. The molecule has 4 heteroatoms. The Morgan fingerprint density at radius 1 is 1.50 bits per heavy atom. The summed E-state index contributed by atoms with van der Waals surface area (Å²) in [4.78, 5) is 2.41. The molecule has 2 rings (SSSR count). The summed E-state index contributed by atoms with van der Waals surface area (Å²) in [7, 11) is 0. The Labute approximate surface area is 88.6 Å². The Hall–Kier alpha value is -0.450. The first-order chi connectivity index (χ1) is 6.92. The molecule has 0 amide bonds. The molecule has 0 bridgehead atoms. The molecule has 0 aromatic carbocycles. The lowest BCUT2D eigenvalue weighted by Crippen LogP contribution is -2.39. The molecule has 1 aliphatic rings. The van der Waals surface area contributed by atoms with Gasteiger partial charge in [-0.15, -0.1) is 0 Å². The molecule has 1 aromatic rings. The van der Waals surface area contributed by atoms with E-state index in [4.69, 9.17) is 10.2 Å². The second-order valence-corrected chi connectivity index (χ2v) is 4.64. The molecule has 0 radical (unpaired) electrons. The van der Waals surface area contributed by atoms with Crippen molar-refractivity contribution < 1.29 is 4.42 Å². The van der Waals surface area contributed by atoms with Crippen LogP contribution in [0.15, 0.2) is 22.8 Å². The summed E-state index contributed by atoms with van der Waals surface area (Å²) in [6.45, 7) is 2.87. The van der Waals surface area contributed by atoms with Crippen molar-refractivity contribution in [3.05, 3.63) is 24.2 Å². The maximum atomic E-state index is 5.79. The molecule has 2 N–H and O–H groups in total. The van der Waals surface area contributed by atoms with Crippen molar-refractivity contribution in [3.63, 3.8) is 0 Å². The van der Waals surface area contributed by atoms with E-state index in [2.05, 4.69) is 4.90 Å². The Kier molecular flexibility index (Phi) is 3.50. The van der Waals surface area contributed by atoms with Crippen LogP contribution in [0.4, 0.5) is 0 Å². The van der Waals surface area contributed by atoms with E-state index in [1.807, 2.05) is 23.9 Å². The predicted molar refractivity (Wildman–Crippen MR) is 59.4 cm³/mol. The van der Waals surface area contributed by atoms with Gasteiger partial charge in [-0.3, -0.25) is 4.90 Å². The summed E-state index contributed by atoms with van der Waals surface area (Å²) in [5.41, 5.74) is 5.79. The Balaban J connectivity index is 2.04. The molecule has 78 valence electrons. The second kappa shape index (κ2) is 4.87. The summed E-state index contributed by atoms with van der Waals surface area (Å²) in [5.74, 6) is 3.41. The van der Waals surface area contributed by atoms with Gasteiger partial charge in [-0.25, -0.2) is 0 Å². The average molecular weight is 212 g/mol. The van der Waals surface area contributed by atoms with E-state index < -0.39 is 0 Å². The highest BCUT2D eigenvalue weighted by Gasteiger charge is 2.22. The van der Waals surface area contributed by atoms with Gasteiger partial charge in [-0.1, -0.05) is 0 Å². The molecule has 14 heavy (non-hydrogen) atoms. The Morgan fingerprint density at radius 2 is 2.29 bits per heavy atom. The monoisotopic (exact) mass is 212 g/mol. The summed E-state index contributed by atoms with van der Waals surface area (Å²) in [6, 6.07) is 4.21. The zero-order chi connectivity index (χ0) is 9.80. The zero-order valence-electron chi connectivity index (χ0n) is 8.19. The molecule has 2 heterocycles. The van der Waals surface area contributed by atoms with Gasteiger partial charge >= 0.3 is 0 Å². The number of hydrogen-bond acceptors (Lipinski definition) is 4. The molecule has 1 atom stereocenters. The van der Waals surface area contributed by atoms with Gasteiger partial charge in [0.05, 0.1) is 12.3 Å². The highest BCUT2D eigenvalue weighted by Crippen LogP contribution is 2.23. The standard InChI is InChI=1S/C10H16N2OS/c11-8-9(10-2-1-5-13-10)12-3-6-14-7-4-12/h1-2,5,9H,3-4,6-8,11H2. The average Bonchev–Trinajstić information content (AvgIpc) is 2.74. The van der Waals surface area contributed by atoms with E-state index in [-0.39, 0.29) is 6.04 Å². The lowest BCUT2D eigenvalue weighted by atomic mass is 10.2. The number of thioether (sulfide) groups is 1. The fourth-order valence-corrected chi connectivity index (χ4v) is 2.75. The fraction of sp³-hybridized carbons (Fsp3) is 0.600. The van der Waals surface area contributed by atoms with Crippen LogP contribution in [0.2, 0.25) is 0 Å². The van der Waals surface area contributed by atoms with Crippen LogP contribution in [-0.2, 0) is 0 Å². The Morgan fingerprint density at radius 3 is 2.86 bits per heavy atom. The number of nitrogens with zero attached hydrogens (tertiary/aromatic N) is 1. The summed E-state index contributed by atoms with van der Waals surface area (Å²) in [5, 5.41) is 0. The summed E-state index contributed by atoms with van der Waals surface area (Å²) >= 11 is 2.01. The van der Waals surface area contributed by atoms with Gasteiger partial charge in [0.2, 0.25) is 0 Å². The lowest BCUT2D eigenvalue weighted by Gasteiger charge is -2.32. The fourth-order valence-electron chi connectivity index (χ4n) is 1.82. The molecule has 1 fully saturated rings. The first-order valence-electron chi connectivity index (χ1n) is 4.97. The Bertz CT molecular complexity index is 257. The highest BCUT2D eigenvalue weighted by atomic mass is 32.2. The number of nitrogens with two attached hydrogens (primary N) is 1. The summed E-state index contributed by atoms with van der Waals surface area (Å²) < 4.78 is 5.41. The van der Waals surface area contributed by atoms with Crippen molar-refractivity contribution in [2.75, 3.05) is 31.1 Å². The van der Waals surface area contributed by atoms with Crippen molar-refractivity contribution in [3.8, 4) is 0 Å². The quantitative estimate of drug-likeness (QED) is 0.820. The first-order valence-corrected chi connectivity index (χ1v) is 6.12. The smallest absolute Gasteiger partial charge is 0.122 e. The van der Waals surface area contributed by atoms with Crippen LogP contribution in [0.1, 0.15) is 11.8 Å². The maximum absolute atomic E-state index is 5.79. The number of hydrogen-bond donors (Lipinski definition) is 1. The van der Waals surface area contributed by atoms with E-state index in [9.17, 15) is 0 Å². The summed E-state index contributed by atoms with van der Waals surface area (Å²) in [6.07, 6.45) is 1.72. The number of rotatable bonds is 3. The third-order valence-electron chi connectivity index (χ3n) is 2.58. The first kappa shape index (κ1) is 10.1. The zero-order valence-corrected chi connectivity index (χ0v) is 9.00. The topological polar surface area (TPSA) is 42.4 Å². The van der Waals surface area contributed by atoms with Gasteiger partial charge in [-0.2, -0.15) is 11.8 Å². The molecule has 1 saturated heterocycles. The molecule has 1 aliphatic heterocycles. The van der Waals surface area contributed by atoms with E-state index >= 15 is 0 Å². The van der Waals surface area contributed by atoms with Crippen LogP contribution in [-0.4, -0.2) is 36.0 Å². The van der Waals surface area contributed by atoms with Crippen molar-refractivity contribution in [2.24, 2.45) is 5.73 Å². The van der Waals surface area contributed by atoms with Crippen LogP contribution < -0.4 is 5.73 Å². The van der Waals surface area contributed by atoms with Gasteiger partial charge in [0, 0.05) is 31.1 Å². The minimum absolute atomic E-state index is 0.269. The van der Waals surface area contributed by atoms with Crippen molar-refractivity contribution in [1.29, 1.82) is 0 Å². The largest absolute Gasteiger partial charge is 0.468 e. The second-order valence-electron chi connectivity index (χ2n) is 3.42. The molecular formula is C10H16N2OS. The predicted octanol–water partition coefficient (Wildman–Crippen LogP) is 1.33. The highest BCUT2D eigenvalue weighted by molar-refractivity contribution is 7.99. The normalized spacial score (nSPS) is 20.9. The van der Waals surface area contributed by atoms with E-state index in [0.29, 0.717) is 6.54 Å². The molecular weight excluding hydrogens is 196 g/mol. The number of furan rings is 1. The third kappa shape index (κ3) is 2.13. The van der Waals surface area contributed by atoms with Crippen LogP contribution in [0, 0.1) is 0 Å². The van der Waals surface area contributed by atoms with Crippen molar-refractivity contribution in [2.45, 2.75) is 6.04 Å². The minimum atomic E-state index is 0.269. The molecule has 1 unspecified atom stereocenters. The van der Waals surface area contributed by atoms with Gasteiger partial charge in [0.25, 0.3) is 0 Å². The van der Waals surface area contributed by atoms with Crippen molar-refractivity contribution >= 4 is 11.8 Å². The van der Waals surface area contributed by atoms with Gasteiger partial charge in [0.15, 0.2) is 0 Å². The van der Waals surface area contributed by atoms with Crippen LogP contribution in [0.3, 0.4) is 0 Å². The molecule has 1 aromatic heterocycles. The van der Waals surface area contributed by atoms with Crippen molar-refractivity contribution in [1.82, 2.24) is 4.90 Å². The van der Waals surface area contributed by atoms with E-state index in [1.54, 1.807) is 6.26 Å².